The van der Waals surface area contributed by atoms with Crippen molar-refractivity contribution in [1.82, 2.24) is 4.90 Å². The maximum absolute atomic E-state index is 12.9. The minimum Gasteiger partial charge on any atom is -0.480 e. The van der Waals surface area contributed by atoms with Crippen LogP contribution < -0.4 is 9.91 Å². The zero-order valence-electron chi connectivity index (χ0n) is 36.7. The van der Waals surface area contributed by atoms with Gasteiger partial charge in [-0.1, -0.05) is 161 Å². The van der Waals surface area contributed by atoms with Crippen molar-refractivity contribution in [2.24, 2.45) is 5.10 Å². The van der Waals surface area contributed by atoms with E-state index in [4.69, 9.17) is 17.3 Å². The number of carboxylic acid groups (broad SMARTS) is 1. The Morgan fingerprint density at radius 2 is 1.35 bits per heavy atom. The largest absolute Gasteiger partial charge is 0.480 e. The fraction of sp³-hybridized carbons (Fsp3) is 0.143. The number of rotatable bonds is 10. The van der Waals surface area contributed by atoms with Crippen LogP contribution in [0.1, 0.15) is 61.1 Å². The summed E-state index contributed by atoms with van der Waals surface area (Å²) < 4.78 is 0.232. The average Bonchev–Trinajstić information content (AvgIpc) is 3.71. The molecule has 3 aliphatic rings. The van der Waals surface area contributed by atoms with Gasteiger partial charge in [-0.3, -0.25) is 14.5 Å². The number of amides is 1. The standard InChI is InChI=1S/C56H48N4O3S2/c1-37-14-8-6-9-15-40-24-29-44(33-49(40)55(37,2)3)59(45-30-31-47-46-18-12-13-19-48(46)56(4,5)50(47)34-45)41-25-22-39(23-26-41)35-57-60(42-16-10-7-11-17-42)43-27-20-38(21-28-43)32-51-53(63)58(36-52(61)62)54(64)65-51/h6-14,16-35H,1,15,36H2,2-5H3,(H,61,62)/b9-6-,14-8-,51-32+,57-35+. The Bertz CT molecular complexity index is 3000. The van der Waals surface area contributed by atoms with Crippen LogP contribution in [0.5, 0.6) is 0 Å². The molecular weight excluding hydrogens is 841 g/mol. The third-order valence-electron chi connectivity index (χ3n) is 12.6. The number of thiocarbonyl (C=S) groups is 1. The molecule has 0 radical (unpaired) electrons. The number of carboxylic acids is 1. The normalized spacial score (nSPS) is 17.5. The molecule has 0 atom stereocenters. The molecule has 0 aromatic heterocycles. The summed E-state index contributed by atoms with van der Waals surface area (Å²) in [6.07, 6.45) is 13.0. The van der Waals surface area contributed by atoms with E-state index in [2.05, 4.69) is 148 Å². The quantitative estimate of drug-likeness (QED) is 0.0635. The van der Waals surface area contributed by atoms with Gasteiger partial charge in [0.25, 0.3) is 5.91 Å². The third kappa shape index (κ3) is 8.41. The SMILES string of the molecule is C=C1/C=C\C=C/Cc2ccc(N(c3ccc(/C=N/N(c4ccccc4)c4ccc(/C=C5/SC(=S)N(CC(=O)O)C5=O)cc4)cc3)c3ccc4c(c3)C(C)(C)c3ccccc3-4)cc2C1(C)C. The number of fused-ring (bicyclic) bond motifs is 4. The molecule has 9 heteroatoms. The number of hydrazone groups is 1. The van der Waals surface area contributed by atoms with Crippen LogP contribution in [0.15, 0.2) is 186 Å². The molecule has 1 amide bonds. The predicted octanol–water partition coefficient (Wildman–Crippen LogP) is 13.4. The first-order valence-electron chi connectivity index (χ1n) is 21.6. The fourth-order valence-corrected chi connectivity index (χ4v) is 10.1. The second kappa shape index (κ2) is 17.5. The van der Waals surface area contributed by atoms with Gasteiger partial charge in [0, 0.05) is 27.9 Å². The lowest BCUT2D eigenvalue weighted by Crippen LogP contribution is -2.33. The first kappa shape index (κ1) is 43.2. The van der Waals surface area contributed by atoms with E-state index in [9.17, 15) is 14.7 Å². The molecule has 0 spiro atoms. The van der Waals surface area contributed by atoms with E-state index in [0.29, 0.717) is 4.91 Å². The topological polar surface area (TPSA) is 76.4 Å². The summed E-state index contributed by atoms with van der Waals surface area (Å²) in [5.41, 5.74) is 14.9. The van der Waals surface area contributed by atoms with Crippen molar-refractivity contribution in [3.8, 4) is 11.1 Å². The summed E-state index contributed by atoms with van der Waals surface area (Å²) in [7, 11) is 0. The molecule has 0 bridgehead atoms. The zero-order chi connectivity index (χ0) is 45.5. The van der Waals surface area contributed by atoms with Crippen molar-refractivity contribution < 1.29 is 14.7 Å². The number of carbonyl (C=O) groups excluding carboxylic acids is 1. The lowest BCUT2D eigenvalue weighted by molar-refractivity contribution is -0.140. The lowest BCUT2D eigenvalue weighted by atomic mass is 9.75. The van der Waals surface area contributed by atoms with Crippen LogP contribution in [0.4, 0.5) is 28.4 Å². The monoisotopic (exact) mass is 888 g/mol. The van der Waals surface area contributed by atoms with Crippen molar-refractivity contribution in [1.29, 1.82) is 0 Å². The number of nitrogens with zero attached hydrogens (tertiary/aromatic N) is 4. The fourth-order valence-electron chi connectivity index (χ4n) is 8.89. The second-order valence-electron chi connectivity index (χ2n) is 17.5. The highest BCUT2D eigenvalue weighted by Crippen LogP contribution is 2.51. The number of benzene rings is 6. The van der Waals surface area contributed by atoms with Gasteiger partial charge in [0.05, 0.1) is 22.5 Å². The highest BCUT2D eigenvalue weighted by atomic mass is 32.2. The van der Waals surface area contributed by atoms with Gasteiger partial charge >= 0.3 is 5.97 Å². The van der Waals surface area contributed by atoms with Crippen LogP contribution in [0.3, 0.4) is 0 Å². The molecular formula is C56H48N4O3S2. The van der Waals surface area contributed by atoms with Crippen molar-refractivity contribution in [2.75, 3.05) is 16.5 Å². The van der Waals surface area contributed by atoms with Crippen LogP contribution >= 0.6 is 24.0 Å². The molecule has 7 nitrogen and oxygen atoms in total. The molecule has 6 aromatic rings. The minimum absolute atomic E-state index is 0.161. The molecule has 6 aromatic carbocycles. The molecule has 0 unspecified atom stereocenters. The molecule has 0 saturated carbocycles. The summed E-state index contributed by atoms with van der Waals surface area (Å²) in [6.45, 7) is 13.2. The number of hydrogen-bond acceptors (Lipinski definition) is 7. The van der Waals surface area contributed by atoms with Gasteiger partial charge in [0.15, 0.2) is 0 Å². The highest BCUT2D eigenvalue weighted by Gasteiger charge is 2.36. The molecule has 65 heavy (non-hydrogen) atoms. The first-order chi connectivity index (χ1) is 31.3. The Hall–Kier alpha value is -7.07. The minimum atomic E-state index is -1.11. The zero-order valence-corrected chi connectivity index (χ0v) is 38.4. The Morgan fingerprint density at radius 1 is 0.738 bits per heavy atom. The maximum atomic E-state index is 12.9. The summed E-state index contributed by atoms with van der Waals surface area (Å²) in [5, 5.41) is 16.1. The molecule has 9 rings (SSSR count). The summed E-state index contributed by atoms with van der Waals surface area (Å²) in [4.78, 5) is 28.0. The lowest BCUT2D eigenvalue weighted by Gasteiger charge is -2.32. The molecule has 1 N–H and O–H groups in total. The molecule has 2 aliphatic carbocycles. The molecule has 1 aliphatic heterocycles. The molecule has 1 saturated heterocycles. The average molecular weight is 889 g/mol. The van der Waals surface area contributed by atoms with Gasteiger partial charge < -0.3 is 10.0 Å². The number of para-hydroxylation sites is 1. The number of hydrogen-bond donors (Lipinski definition) is 1. The first-order valence-corrected chi connectivity index (χ1v) is 22.8. The summed E-state index contributed by atoms with van der Waals surface area (Å²) >= 11 is 6.38. The van der Waals surface area contributed by atoms with Gasteiger partial charge in [-0.05, 0) is 123 Å². The Morgan fingerprint density at radius 3 is 2.09 bits per heavy atom. The van der Waals surface area contributed by atoms with E-state index in [0.717, 1.165) is 68.2 Å². The van der Waals surface area contributed by atoms with E-state index < -0.39 is 18.4 Å². The van der Waals surface area contributed by atoms with Gasteiger partial charge in [-0.15, -0.1) is 0 Å². The number of carbonyl (C=O) groups is 2. The third-order valence-corrected chi connectivity index (χ3v) is 14.0. The molecule has 1 heterocycles. The van der Waals surface area contributed by atoms with Crippen LogP contribution in [0.25, 0.3) is 17.2 Å². The van der Waals surface area contributed by atoms with Gasteiger partial charge in [0.2, 0.25) is 0 Å². The van der Waals surface area contributed by atoms with Gasteiger partial charge in [0.1, 0.15) is 10.9 Å². The van der Waals surface area contributed by atoms with Crippen molar-refractivity contribution in [3.63, 3.8) is 0 Å². The van der Waals surface area contributed by atoms with E-state index in [1.165, 1.54) is 33.4 Å². The smallest absolute Gasteiger partial charge is 0.323 e. The van der Waals surface area contributed by atoms with Gasteiger partial charge in [-0.2, -0.15) is 5.10 Å². The van der Waals surface area contributed by atoms with Crippen LogP contribution in [-0.2, 0) is 26.8 Å². The Balaban J connectivity index is 1.06. The van der Waals surface area contributed by atoms with E-state index in [-0.39, 0.29) is 15.2 Å². The van der Waals surface area contributed by atoms with Crippen LogP contribution in [-0.4, -0.2) is 39.0 Å². The Labute approximate surface area is 390 Å². The van der Waals surface area contributed by atoms with E-state index in [1.54, 1.807) is 6.08 Å². The van der Waals surface area contributed by atoms with Crippen molar-refractivity contribution in [2.45, 2.75) is 44.9 Å². The maximum Gasteiger partial charge on any atom is 0.323 e. The second-order valence-corrected chi connectivity index (χ2v) is 19.1. The van der Waals surface area contributed by atoms with E-state index >= 15 is 0 Å². The van der Waals surface area contributed by atoms with Crippen LogP contribution in [0.2, 0.25) is 0 Å². The van der Waals surface area contributed by atoms with Crippen molar-refractivity contribution >= 4 is 80.9 Å². The number of aliphatic carboxylic acids is 1. The van der Waals surface area contributed by atoms with Gasteiger partial charge in [-0.25, -0.2) is 5.01 Å². The van der Waals surface area contributed by atoms with Crippen LogP contribution in [0, 0.1) is 0 Å². The van der Waals surface area contributed by atoms with Crippen molar-refractivity contribution in [3.05, 3.63) is 214 Å². The molecule has 1 fully saturated rings. The number of anilines is 5. The predicted molar refractivity (Wildman–Crippen MR) is 273 cm³/mol. The Kier molecular flexibility index (Phi) is 11.6. The number of thioether (sulfide) groups is 1. The number of allylic oxidation sites excluding steroid dienone is 5. The molecule has 322 valence electrons. The summed E-state index contributed by atoms with van der Waals surface area (Å²) in [6, 6.07) is 48.7. The highest BCUT2D eigenvalue weighted by molar-refractivity contribution is 8.26. The summed E-state index contributed by atoms with van der Waals surface area (Å²) in [5.74, 6) is -1.52. The van der Waals surface area contributed by atoms with E-state index in [1.807, 2.05) is 65.8 Å².